The summed E-state index contributed by atoms with van der Waals surface area (Å²) >= 11 is 0. The smallest absolute Gasteiger partial charge is 0.120 e. The van der Waals surface area contributed by atoms with E-state index in [1.807, 2.05) is 42.5 Å². The van der Waals surface area contributed by atoms with Crippen LogP contribution in [0.2, 0.25) is 0 Å². The van der Waals surface area contributed by atoms with Crippen molar-refractivity contribution in [3.05, 3.63) is 107 Å². The van der Waals surface area contributed by atoms with Crippen molar-refractivity contribution in [2.75, 3.05) is 0 Å². The van der Waals surface area contributed by atoms with Gasteiger partial charge in [-0.25, -0.2) is 0 Å². The summed E-state index contributed by atoms with van der Waals surface area (Å²) in [5.74, 6) is 0.782. The first-order valence-corrected chi connectivity index (χ1v) is 10.6. The first-order valence-electron chi connectivity index (χ1n) is 10.6. The highest BCUT2D eigenvalue weighted by Gasteiger charge is 2.31. The SMILES string of the molecule is CC(C)N(Cc1ccccc1)C1C=Cc2ccc(OCc3ccccc3)cc2C1O. The van der Waals surface area contributed by atoms with E-state index in [4.69, 9.17) is 4.74 Å². The molecule has 0 saturated carbocycles. The van der Waals surface area contributed by atoms with Gasteiger partial charge >= 0.3 is 0 Å². The van der Waals surface area contributed by atoms with E-state index in [-0.39, 0.29) is 6.04 Å². The standard InChI is InChI=1S/C27H29NO2/c1-20(2)28(18-21-9-5-3-6-10-21)26-16-14-23-13-15-24(17-25(23)27(26)29)30-19-22-11-7-4-8-12-22/h3-17,20,26-27,29H,18-19H2,1-2H3. The van der Waals surface area contributed by atoms with Gasteiger partial charge in [-0.15, -0.1) is 0 Å². The van der Waals surface area contributed by atoms with E-state index in [0.29, 0.717) is 12.6 Å². The number of aliphatic hydroxyl groups is 1. The predicted octanol–water partition coefficient (Wildman–Crippen LogP) is 5.61. The fraction of sp³-hybridized carbons (Fsp3) is 0.259. The molecule has 3 aromatic carbocycles. The minimum Gasteiger partial charge on any atom is -0.489 e. The van der Waals surface area contributed by atoms with Crippen molar-refractivity contribution in [3.8, 4) is 5.75 Å². The van der Waals surface area contributed by atoms with Gasteiger partial charge in [-0.2, -0.15) is 0 Å². The van der Waals surface area contributed by atoms with Crippen LogP contribution in [0.5, 0.6) is 5.75 Å². The number of fused-ring (bicyclic) bond motifs is 1. The second kappa shape index (κ2) is 9.29. The van der Waals surface area contributed by atoms with Gasteiger partial charge in [0.1, 0.15) is 12.4 Å². The van der Waals surface area contributed by atoms with Gasteiger partial charge in [0.2, 0.25) is 0 Å². The van der Waals surface area contributed by atoms with Crippen molar-refractivity contribution >= 4 is 6.08 Å². The van der Waals surface area contributed by atoms with E-state index in [0.717, 1.165) is 29.0 Å². The molecule has 1 aliphatic rings. The molecule has 3 aromatic rings. The number of ether oxygens (including phenoxy) is 1. The van der Waals surface area contributed by atoms with Gasteiger partial charge in [-0.05, 0) is 48.2 Å². The quantitative estimate of drug-likeness (QED) is 0.561. The molecular weight excluding hydrogens is 370 g/mol. The molecule has 0 spiro atoms. The Morgan fingerprint density at radius 2 is 1.57 bits per heavy atom. The highest BCUT2D eigenvalue weighted by molar-refractivity contribution is 5.60. The number of nitrogens with zero attached hydrogens (tertiary/aromatic N) is 1. The molecule has 154 valence electrons. The van der Waals surface area contributed by atoms with E-state index in [1.54, 1.807) is 0 Å². The Labute approximate surface area is 179 Å². The van der Waals surface area contributed by atoms with Crippen LogP contribution in [0.1, 0.15) is 42.2 Å². The van der Waals surface area contributed by atoms with Gasteiger partial charge in [0.05, 0.1) is 12.1 Å². The van der Waals surface area contributed by atoms with Crippen LogP contribution in [0.4, 0.5) is 0 Å². The zero-order valence-corrected chi connectivity index (χ0v) is 17.6. The second-order valence-electron chi connectivity index (χ2n) is 8.11. The number of hydrogen-bond donors (Lipinski definition) is 1. The zero-order chi connectivity index (χ0) is 20.9. The van der Waals surface area contributed by atoms with Crippen LogP contribution in [0.15, 0.2) is 84.9 Å². The molecule has 3 heteroatoms. The van der Waals surface area contributed by atoms with E-state index in [2.05, 4.69) is 67.3 Å². The molecule has 2 unspecified atom stereocenters. The third kappa shape index (κ3) is 4.64. The summed E-state index contributed by atoms with van der Waals surface area (Å²) in [6.07, 6.45) is 3.64. The van der Waals surface area contributed by atoms with E-state index >= 15 is 0 Å². The van der Waals surface area contributed by atoms with Crippen molar-refractivity contribution < 1.29 is 9.84 Å². The van der Waals surface area contributed by atoms with E-state index < -0.39 is 6.10 Å². The normalized spacial score (nSPS) is 17.9. The van der Waals surface area contributed by atoms with E-state index in [9.17, 15) is 5.11 Å². The lowest BCUT2D eigenvalue weighted by Crippen LogP contribution is -2.43. The average Bonchev–Trinajstić information content (AvgIpc) is 2.78. The summed E-state index contributed by atoms with van der Waals surface area (Å²) in [6, 6.07) is 26.8. The Balaban J connectivity index is 1.53. The lowest BCUT2D eigenvalue weighted by molar-refractivity contribution is 0.0489. The van der Waals surface area contributed by atoms with Crippen LogP contribution >= 0.6 is 0 Å². The van der Waals surface area contributed by atoms with Gasteiger partial charge in [-0.3, -0.25) is 4.90 Å². The minimum atomic E-state index is -0.601. The third-order valence-electron chi connectivity index (χ3n) is 5.68. The van der Waals surface area contributed by atoms with Crippen LogP contribution in [0, 0.1) is 0 Å². The first kappa shape index (κ1) is 20.4. The number of aliphatic hydroxyl groups excluding tert-OH is 1. The second-order valence-corrected chi connectivity index (χ2v) is 8.11. The zero-order valence-electron chi connectivity index (χ0n) is 17.6. The molecule has 4 rings (SSSR count). The molecule has 0 amide bonds. The van der Waals surface area contributed by atoms with Gasteiger partial charge in [0, 0.05) is 12.6 Å². The van der Waals surface area contributed by atoms with Gasteiger partial charge in [0.15, 0.2) is 0 Å². The Morgan fingerprint density at radius 3 is 2.23 bits per heavy atom. The van der Waals surface area contributed by atoms with Gasteiger partial charge in [0.25, 0.3) is 0 Å². The monoisotopic (exact) mass is 399 g/mol. The Hall–Kier alpha value is -2.88. The Bertz CT molecular complexity index is 982. The maximum atomic E-state index is 11.3. The maximum Gasteiger partial charge on any atom is 0.120 e. The summed E-state index contributed by atoms with van der Waals surface area (Å²) in [7, 11) is 0. The molecular formula is C27H29NO2. The largest absolute Gasteiger partial charge is 0.489 e. The first-order chi connectivity index (χ1) is 14.6. The molecule has 0 aliphatic heterocycles. The topological polar surface area (TPSA) is 32.7 Å². The Kier molecular flexibility index (Phi) is 6.32. The number of rotatable bonds is 7. The highest BCUT2D eigenvalue weighted by Crippen LogP contribution is 2.35. The lowest BCUT2D eigenvalue weighted by Gasteiger charge is -2.38. The van der Waals surface area contributed by atoms with E-state index in [1.165, 1.54) is 5.56 Å². The maximum absolute atomic E-state index is 11.3. The highest BCUT2D eigenvalue weighted by atomic mass is 16.5. The van der Waals surface area contributed by atoms with Crippen LogP contribution in [0.3, 0.4) is 0 Å². The molecule has 0 radical (unpaired) electrons. The van der Waals surface area contributed by atoms with Gasteiger partial charge < -0.3 is 9.84 Å². The lowest BCUT2D eigenvalue weighted by atomic mass is 9.89. The van der Waals surface area contributed by atoms with Crippen molar-refractivity contribution in [3.63, 3.8) is 0 Å². The number of benzene rings is 3. The minimum absolute atomic E-state index is 0.0814. The van der Waals surface area contributed by atoms with Crippen LogP contribution in [0.25, 0.3) is 6.08 Å². The summed E-state index contributed by atoms with van der Waals surface area (Å²) in [5.41, 5.74) is 4.35. The van der Waals surface area contributed by atoms with Gasteiger partial charge in [-0.1, -0.05) is 78.9 Å². The summed E-state index contributed by atoms with van der Waals surface area (Å²) < 4.78 is 6.00. The third-order valence-corrected chi connectivity index (χ3v) is 5.68. The molecule has 0 saturated heterocycles. The molecule has 0 aromatic heterocycles. The molecule has 30 heavy (non-hydrogen) atoms. The molecule has 2 atom stereocenters. The molecule has 0 heterocycles. The van der Waals surface area contributed by atoms with Crippen LogP contribution in [-0.4, -0.2) is 22.1 Å². The van der Waals surface area contributed by atoms with Crippen molar-refractivity contribution in [2.45, 2.75) is 45.2 Å². The van der Waals surface area contributed by atoms with Crippen LogP contribution in [-0.2, 0) is 13.2 Å². The summed E-state index contributed by atoms with van der Waals surface area (Å²) in [4.78, 5) is 2.34. The Morgan fingerprint density at radius 1 is 0.900 bits per heavy atom. The van der Waals surface area contributed by atoms with Crippen molar-refractivity contribution in [1.29, 1.82) is 0 Å². The molecule has 1 aliphatic carbocycles. The fourth-order valence-corrected chi connectivity index (χ4v) is 4.00. The van der Waals surface area contributed by atoms with Crippen LogP contribution < -0.4 is 4.74 Å². The van der Waals surface area contributed by atoms with Crippen molar-refractivity contribution in [1.82, 2.24) is 4.90 Å². The summed E-state index contributed by atoms with van der Waals surface area (Å²) in [5, 5.41) is 11.3. The molecule has 0 fully saturated rings. The summed E-state index contributed by atoms with van der Waals surface area (Å²) in [6.45, 7) is 5.67. The molecule has 3 nitrogen and oxygen atoms in total. The molecule has 1 N–H and O–H groups in total. The predicted molar refractivity (Wildman–Crippen MR) is 122 cm³/mol. The average molecular weight is 400 g/mol. The molecule has 0 bridgehead atoms. The van der Waals surface area contributed by atoms with Crippen molar-refractivity contribution in [2.24, 2.45) is 0 Å². The number of hydrogen-bond acceptors (Lipinski definition) is 3. The fourth-order valence-electron chi connectivity index (χ4n) is 4.00.